The molecular formula is C11H14F4N4O3S. The molecule has 1 aliphatic rings. The predicted octanol–water partition coefficient (Wildman–Crippen LogP) is 1.01. The van der Waals surface area contributed by atoms with Crippen LogP contribution in [-0.4, -0.2) is 52.0 Å². The van der Waals surface area contributed by atoms with Gasteiger partial charge in [-0.15, -0.1) is 4.41 Å². The first-order valence-electron chi connectivity index (χ1n) is 6.34. The molecule has 0 saturated carbocycles. The second kappa shape index (κ2) is 5.44. The van der Waals surface area contributed by atoms with E-state index in [9.17, 15) is 31.1 Å². The molecule has 1 atom stereocenters. The molecule has 23 heavy (non-hydrogen) atoms. The van der Waals surface area contributed by atoms with Crippen LogP contribution in [0.5, 0.6) is 0 Å². The number of aromatic nitrogens is 2. The monoisotopic (exact) mass is 358 g/mol. The van der Waals surface area contributed by atoms with E-state index in [0.29, 0.717) is 0 Å². The summed E-state index contributed by atoms with van der Waals surface area (Å²) in [6.45, 7) is 2.68. The van der Waals surface area contributed by atoms with Crippen molar-refractivity contribution in [3.63, 3.8) is 0 Å². The van der Waals surface area contributed by atoms with Gasteiger partial charge in [0.15, 0.2) is 0 Å². The molecule has 0 aliphatic carbocycles. The molecule has 12 heteroatoms. The fourth-order valence-corrected chi connectivity index (χ4v) is 4.20. The maximum atomic E-state index is 13.2. The zero-order valence-corrected chi connectivity index (χ0v) is 13.2. The van der Waals surface area contributed by atoms with Crippen LogP contribution in [0.2, 0.25) is 0 Å². The molecule has 1 unspecified atom stereocenters. The zero-order chi connectivity index (χ0) is 17.7. The van der Waals surface area contributed by atoms with Crippen LogP contribution in [0.15, 0.2) is 10.00 Å². The van der Waals surface area contributed by atoms with Gasteiger partial charge in [-0.2, -0.15) is 18.6 Å². The summed E-state index contributed by atoms with van der Waals surface area (Å²) in [6.07, 6.45) is -8.17. The molecule has 0 amide bonds. The number of alkyl halides is 4. The highest BCUT2D eigenvalue weighted by molar-refractivity contribution is 7.89. The van der Waals surface area contributed by atoms with Crippen LogP contribution >= 0.6 is 0 Å². The van der Waals surface area contributed by atoms with E-state index in [-0.39, 0.29) is 15.8 Å². The van der Waals surface area contributed by atoms with Crippen LogP contribution in [0.1, 0.15) is 17.8 Å². The van der Waals surface area contributed by atoms with Gasteiger partial charge in [0.1, 0.15) is 10.6 Å². The second-order valence-electron chi connectivity index (χ2n) is 5.12. The summed E-state index contributed by atoms with van der Waals surface area (Å²) in [4.78, 5) is -0.460. The highest BCUT2D eigenvalue weighted by Gasteiger charge is 2.56. The number of nitrogens with zero attached hydrogens (tertiary/aromatic N) is 4. The van der Waals surface area contributed by atoms with Gasteiger partial charge < -0.3 is 5.11 Å². The summed E-state index contributed by atoms with van der Waals surface area (Å²) in [5, 5.41) is 16.8. The third-order valence-electron chi connectivity index (χ3n) is 3.52. The van der Waals surface area contributed by atoms with E-state index in [4.69, 9.17) is 0 Å². The summed E-state index contributed by atoms with van der Waals surface area (Å²) in [6, 6.07) is 0. The van der Waals surface area contributed by atoms with Gasteiger partial charge in [-0.05, 0) is 13.8 Å². The Morgan fingerprint density at radius 1 is 1.26 bits per heavy atom. The van der Waals surface area contributed by atoms with Crippen LogP contribution in [0.25, 0.3) is 0 Å². The van der Waals surface area contributed by atoms with Gasteiger partial charge in [-0.1, -0.05) is 0 Å². The molecule has 130 valence electrons. The van der Waals surface area contributed by atoms with Crippen LogP contribution in [-0.2, 0) is 17.1 Å². The maximum Gasteiger partial charge on any atom is 0.288 e. The van der Waals surface area contributed by atoms with E-state index in [1.165, 1.54) is 25.6 Å². The number of rotatable bonds is 4. The normalized spacial score (nSPS) is 22.3. The Morgan fingerprint density at radius 2 is 1.83 bits per heavy atom. The molecule has 0 fully saturated rings. The molecule has 1 N–H and O–H groups in total. The third-order valence-corrected chi connectivity index (χ3v) is 5.48. The highest BCUT2D eigenvalue weighted by Crippen LogP contribution is 2.38. The van der Waals surface area contributed by atoms with Gasteiger partial charge in [0.25, 0.3) is 22.9 Å². The Hall–Kier alpha value is -1.69. The van der Waals surface area contributed by atoms with Gasteiger partial charge in [-0.25, -0.2) is 17.6 Å². The van der Waals surface area contributed by atoms with Gasteiger partial charge >= 0.3 is 0 Å². The lowest BCUT2D eigenvalue weighted by atomic mass is 10.1. The predicted molar refractivity (Wildman–Crippen MR) is 70.7 cm³/mol. The smallest absolute Gasteiger partial charge is 0.288 e. The van der Waals surface area contributed by atoms with E-state index in [2.05, 4.69) is 10.2 Å². The lowest BCUT2D eigenvalue weighted by molar-refractivity contribution is -0.150. The lowest BCUT2D eigenvalue weighted by Gasteiger charge is -2.30. The summed E-state index contributed by atoms with van der Waals surface area (Å²) in [7, 11) is -3.37. The summed E-state index contributed by atoms with van der Waals surface area (Å²) >= 11 is 0. The van der Waals surface area contributed by atoms with Crippen molar-refractivity contribution >= 4 is 15.7 Å². The first-order valence-corrected chi connectivity index (χ1v) is 7.78. The molecule has 1 aromatic heterocycles. The van der Waals surface area contributed by atoms with Gasteiger partial charge in [0, 0.05) is 13.5 Å². The van der Waals surface area contributed by atoms with E-state index in [1.54, 1.807) is 0 Å². The number of aliphatic hydroxyl groups is 1. The molecule has 1 aromatic rings. The first kappa shape index (κ1) is 17.7. The summed E-state index contributed by atoms with van der Waals surface area (Å²) < 4.78 is 77.9. The number of hydrogen-bond acceptors (Lipinski definition) is 5. The topological polar surface area (TPSA) is 87.8 Å². The number of hydrogen-bond donors (Lipinski definition) is 1. The molecular weight excluding hydrogens is 344 g/mol. The largest absolute Gasteiger partial charge is 0.364 e. The fourth-order valence-electron chi connectivity index (χ4n) is 2.33. The van der Waals surface area contributed by atoms with Crippen molar-refractivity contribution in [3.8, 4) is 0 Å². The quantitative estimate of drug-likeness (QED) is 0.814. The van der Waals surface area contributed by atoms with Crippen molar-refractivity contribution in [2.75, 3.05) is 0 Å². The molecule has 1 aliphatic heterocycles. The minimum Gasteiger partial charge on any atom is -0.364 e. The van der Waals surface area contributed by atoms with Crippen LogP contribution < -0.4 is 0 Å². The highest BCUT2D eigenvalue weighted by atomic mass is 32.2. The second-order valence-corrected chi connectivity index (χ2v) is 6.82. The Labute approximate surface area is 129 Å². The molecule has 2 heterocycles. The summed E-state index contributed by atoms with van der Waals surface area (Å²) in [5.74, 6) is 0. The van der Waals surface area contributed by atoms with Crippen molar-refractivity contribution in [1.82, 2.24) is 14.2 Å². The number of hydrazone groups is 1. The first-order chi connectivity index (χ1) is 10.4. The van der Waals surface area contributed by atoms with E-state index in [0.717, 1.165) is 0 Å². The molecule has 7 nitrogen and oxygen atoms in total. The molecule has 0 radical (unpaired) electrons. The Morgan fingerprint density at radius 3 is 2.22 bits per heavy atom. The van der Waals surface area contributed by atoms with Gasteiger partial charge in [0.2, 0.25) is 5.72 Å². The lowest BCUT2D eigenvalue weighted by Crippen LogP contribution is -2.51. The van der Waals surface area contributed by atoms with Crippen LogP contribution in [0.3, 0.4) is 0 Å². The minimum absolute atomic E-state index is 0.0256. The Kier molecular flexibility index (Phi) is 4.18. The molecule has 0 bridgehead atoms. The van der Waals surface area contributed by atoms with Crippen molar-refractivity contribution < 1.29 is 31.1 Å². The molecule has 0 aromatic carbocycles. The van der Waals surface area contributed by atoms with E-state index < -0.39 is 45.6 Å². The molecule has 2 rings (SSSR count). The summed E-state index contributed by atoms with van der Waals surface area (Å²) in [5.41, 5.74) is -4.42. The van der Waals surface area contributed by atoms with Crippen molar-refractivity contribution in [1.29, 1.82) is 0 Å². The van der Waals surface area contributed by atoms with Gasteiger partial charge in [-0.3, -0.25) is 4.68 Å². The standard InChI is InChI=1S/C11H14F4N4O3S/c1-5-8(6(2)18(3)16-5)23(21,22)19-11(20,10(14)15)4-7(17-19)9(12)13/h9-10,20H,4H2,1-3H3. The Balaban J connectivity index is 2.64. The zero-order valence-electron chi connectivity index (χ0n) is 12.3. The van der Waals surface area contributed by atoms with E-state index in [1.807, 2.05) is 0 Å². The van der Waals surface area contributed by atoms with Crippen molar-refractivity contribution in [2.45, 2.75) is 43.7 Å². The SMILES string of the molecule is Cc1nn(C)c(C)c1S(=O)(=O)N1N=C(C(F)F)CC1(O)C(F)F. The van der Waals surface area contributed by atoms with E-state index >= 15 is 0 Å². The number of aryl methyl sites for hydroxylation is 2. The van der Waals surface area contributed by atoms with Crippen LogP contribution in [0, 0.1) is 13.8 Å². The average Bonchev–Trinajstić information content (AvgIpc) is 2.90. The number of halogens is 4. The average molecular weight is 358 g/mol. The third kappa shape index (κ3) is 2.59. The van der Waals surface area contributed by atoms with Crippen LogP contribution in [0.4, 0.5) is 17.6 Å². The molecule has 0 spiro atoms. The minimum atomic E-state index is -4.80. The fraction of sp³-hybridized carbons (Fsp3) is 0.636. The Bertz CT molecular complexity index is 762. The maximum absolute atomic E-state index is 13.2. The van der Waals surface area contributed by atoms with Crippen molar-refractivity contribution in [2.24, 2.45) is 12.1 Å². The molecule has 0 saturated heterocycles. The van der Waals surface area contributed by atoms with Crippen molar-refractivity contribution in [3.05, 3.63) is 11.4 Å². The van der Waals surface area contributed by atoms with Gasteiger partial charge in [0.05, 0.1) is 11.4 Å². The number of sulfonamides is 1.